The van der Waals surface area contributed by atoms with E-state index in [2.05, 4.69) is 31.5 Å². The first-order valence-corrected chi connectivity index (χ1v) is 13.7. The zero-order valence-electron chi connectivity index (χ0n) is 23.2. The molecule has 0 spiro atoms. The number of ether oxygens (including phenoxy) is 3. The number of aromatic nitrogens is 5. The van der Waals surface area contributed by atoms with Crippen LogP contribution in [-0.4, -0.2) is 51.0 Å². The molecule has 0 aliphatic carbocycles. The molecule has 208 valence electrons. The third kappa shape index (κ3) is 6.30. The lowest BCUT2D eigenvalue weighted by Gasteiger charge is -2.10. The molecule has 0 aromatic carbocycles. The summed E-state index contributed by atoms with van der Waals surface area (Å²) in [5.41, 5.74) is 8.77. The maximum absolute atomic E-state index is 5.54. The minimum Gasteiger partial charge on any atom is -0.492 e. The van der Waals surface area contributed by atoms with E-state index in [0.29, 0.717) is 31.3 Å². The Labute approximate surface area is 244 Å². The summed E-state index contributed by atoms with van der Waals surface area (Å²) in [6.07, 6.45) is 12.5. The molecule has 5 aromatic rings. The van der Waals surface area contributed by atoms with Gasteiger partial charge in [-0.2, -0.15) is 0 Å². The molecule has 5 aromatic heterocycles. The summed E-state index contributed by atoms with van der Waals surface area (Å²) in [7, 11) is 0. The van der Waals surface area contributed by atoms with E-state index in [1.165, 1.54) is 0 Å². The molecule has 0 N–H and O–H groups in total. The van der Waals surface area contributed by atoms with Crippen molar-refractivity contribution < 1.29 is 14.2 Å². The summed E-state index contributed by atoms with van der Waals surface area (Å²) >= 11 is 0. The van der Waals surface area contributed by atoms with Crippen molar-refractivity contribution in [3.05, 3.63) is 116 Å². The zero-order chi connectivity index (χ0) is 28.7. The van der Waals surface area contributed by atoms with Crippen molar-refractivity contribution in [1.29, 1.82) is 0 Å². The van der Waals surface area contributed by atoms with Crippen molar-refractivity contribution in [2.24, 2.45) is 0 Å². The first kappa shape index (κ1) is 27.1. The Balaban J connectivity index is 1.26. The van der Waals surface area contributed by atoms with Crippen molar-refractivity contribution >= 4 is 11.8 Å². The quantitative estimate of drug-likeness (QED) is 0.185. The second kappa shape index (κ2) is 12.6. The van der Waals surface area contributed by atoms with Gasteiger partial charge in [-0.05, 0) is 101 Å². The average Bonchev–Trinajstić information content (AvgIpc) is 3.58. The first-order valence-electron chi connectivity index (χ1n) is 13.7. The van der Waals surface area contributed by atoms with E-state index in [9.17, 15) is 0 Å². The highest BCUT2D eigenvalue weighted by Crippen LogP contribution is 2.29. The van der Waals surface area contributed by atoms with Crippen molar-refractivity contribution in [1.82, 2.24) is 24.9 Å². The van der Waals surface area contributed by atoms with Gasteiger partial charge in [0.1, 0.15) is 11.5 Å². The fraction of sp³-hybridized carbons (Fsp3) is 0.147. The van der Waals surface area contributed by atoms with Crippen LogP contribution in [0.2, 0.25) is 0 Å². The highest BCUT2D eigenvalue weighted by atomic mass is 16.7. The molecule has 6 heterocycles. The largest absolute Gasteiger partial charge is 0.492 e. The van der Waals surface area contributed by atoms with Gasteiger partial charge in [0.25, 0.3) is 0 Å². The van der Waals surface area contributed by atoms with Crippen LogP contribution in [0.3, 0.4) is 0 Å². The van der Waals surface area contributed by atoms with E-state index in [0.717, 1.165) is 50.6 Å². The van der Waals surface area contributed by atoms with Gasteiger partial charge in [0.2, 0.25) is 0 Å². The molecule has 1 fully saturated rings. The lowest BCUT2D eigenvalue weighted by Crippen LogP contribution is -2.01. The number of hydrogen-bond acceptors (Lipinski definition) is 8. The summed E-state index contributed by atoms with van der Waals surface area (Å²) in [5.74, 6) is 0.548. The summed E-state index contributed by atoms with van der Waals surface area (Å²) in [4.78, 5) is 22.8. The maximum Gasteiger partial charge on any atom is 0.177 e. The Kier molecular flexibility index (Phi) is 8.16. The van der Waals surface area contributed by atoms with Gasteiger partial charge in [-0.1, -0.05) is 12.7 Å². The minimum atomic E-state index is -0.304. The molecule has 0 radical (unpaired) electrons. The van der Waals surface area contributed by atoms with Gasteiger partial charge in [-0.15, -0.1) is 0 Å². The molecule has 8 nitrogen and oxygen atoms in total. The van der Waals surface area contributed by atoms with Crippen LogP contribution >= 0.6 is 0 Å². The lowest BCUT2D eigenvalue weighted by molar-refractivity contribution is -0.000909. The molecule has 0 atom stereocenters. The van der Waals surface area contributed by atoms with E-state index in [1.54, 1.807) is 31.0 Å². The summed E-state index contributed by atoms with van der Waals surface area (Å²) < 4.78 is 16.5. The molecule has 0 saturated carbocycles. The summed E-state index contributed by atoms with van der Waals surface area (Å²) in [5, 5.41) is 0. The lowest BCUT2D eigenvalue weighted by atomic mass is 10.0. The van der Waals surface area contributed by atoms with Crippen molar-refractivity contribution in [3.63, 3.8) is 0 Å². The predicted octanol–water partition coefficient (Wildman–Crippen LogP) is 6.72. The van der Waals surface area contributed by atoms with Crippen molar-refractivity contribution in [2.45, 2.75) is 13.2 Å². The van der Waals surface area contributed by atoms with Gasteiger partial charge >= 0.3 is 0 Å². The van der Waals surface area contributed by atoms with Gasteiger partial charge in [-0.3, -0.25) is 24.9 Å². The van der Waals surface area contributed by atoms with Crippen LogP contribution in [0.4, 0.5) is 0 Å². The van der Waals surface area contributed by atoms with E-state index in [-0.39, 0.29) is 6.29 Å². The monoisotopic (exact) mass is 555 g/mol. The second-order valence-corrected chi connectivity index (χ2v) is 9.52. The standard InChI is InChI=1S/C34H29N5O3/c1-3-40-23(2)29-19-25(7-12-35-29)26-8-14-38-32(21-26)33-22-28(10-15-39-33)27-9-13-37-31(20-27)30-18-24(6-11-36-30)4-5-34-41-16-17-42-34/h4-15,18-22,34H,2-3,16-17H2,1H3/b5-4+. The number of hydrogen-bond donors (Lipinski definition) is 0. The second-order valence-electron chi connectivity index (χ2n) is 9.52. The molecule has 0 unspecified atom stereocenters. The molecule has 1 saturated heterocycles. The van der Waals surface area contributed by atoms with Gasteiger partial charge in [0.15, 0.2) is 6.29 Å². The Morgan fingerprint density at radius 3 is 1.74 bits per heavy atom. The molecule has 0 bridgehead atoms. The Morgan fingerprint density at radius 2 is 1.19 bits per heavy atom. The van der Waals surface area contributed by atoms with E-state index in [1.807, 2.05) is 79.7 Å². The van der Waals surface area contributed by atoms with Crippen LogP contribution in [-0.2, 0) is 14.2 Å². The Morgan fingerprint density at radius 1 is 0.714 bits per heavy atom. The molecule has 42 heavy (non-hydrogen) atoms. The maximum atomic E-state index is 5.54. The van der Waals surface area contributed by atoms with E-state index >= 15 is 0 Å². The molecule has 1 aliphatic heterocycles. The van der Waals surface area contributed by atoms with Crippen LogP contribution in [0.5, 0.6) is 0 Å². The fourth-order valence-corrected chi connectivity index (χ4v) is 4.63. The molecule has 8 heteroatoms. The van der Waals surface area contributed by atoms with Gasteiger partial charge < -0.3 is 14.2 Å². The fourth-order valence-electron chi connectivity index (χ4n) is 4.63. The normalized spacial score (nSPS) is 13.5. The zero-order valence-corrected chi connectivity index (χ0v) is 23.2. The minimum absolute atomic E-state index is 0.304. The molecule has 6 rings (SSSR count). The Hall–Kier alpha value is -5.05. The van der Waals surface area contributed by atoms with Gasteiger partial charge in [-0.25, -0.2) is 0 Å². The highest BCUT2D eigenvalue weighted by molar-refractivity contribution is 5.75. The van der Waals surface area contributed by atoms with Crippen LogP contribution in [0, 0.1) is 0 Å². The van der Waals surface area contributed by atoms with Crippen molar-refractivity contribution in [2.75, 3.05) is 19.8 Å². The predicted molar refractivity (Wildman–Crippen MR) is 163 cm³/mol. The van der Waals surface area contributed by atoms with Gasteiger partial charge in [0.05, 0.1) is 42.6 Å². The van der Waals surface area contributed by atoms with Crippen LogP contribution in [0.25, 0.3) is 56.9 Å². The first-order chi connectivity index (χ1) is 20.7. The average molecular weight is 556 g/mol. The van der Waals surface area contributed by atoms with E-state index < -0.39 is 0 Å². The molecular weight excluding hydrogens is 526 g/mol. The van der Waals surface area contributed by atoms with Crippen LogP contribution < -0.4 is 0 Å². The molecule has 0 amide bonds. The van der Waals surface area contributed by atoms with Gasteiger partial charge in [0, 0.05) is 31.0 Å². The number of pyridine rings is 5. The third-order valence-electron chi connectivity index (χ3n) is 6.71. The molecule has 1 aliphatic rings. The molecular formula is C34H29N5O3. The van der Waals surface area contributed by atoms with E-state index in [4.69, 9.17) is 14.2 Å². The Bertz CT molecular complexity index is 1750. The topological polar surface area (TPSA) is 92.1 Å². The smallest absolute Gasteiger partial charge is 0.177 e. The van der Waals surface area contributed by atoms with Crippen LogP contribution in [0.1, 0.15) is 18.2 Å². The van der Waals surface area contributed by atoms with Crippen LogP contribution in [0.15, 0.2) is 104 Å². The number of nitrogens with zero attached hydrogens (tertiary/aromatic N) is 5. The number of rotatable bonds is 9. The summed E-state index contributed by atoms with van der Waals surface area (Å²) in [6, 6.07) is 19.9. The SMILES string of the molecule is C=C(OCC)c1cc(-c2ccnc(-c3cc(-c4ccnc(-c5cc(/C=C/C6OCCO6)ccn5)c4)ccn3)c2)ccn1. The summed E-state index contributed by atoms with van der Waals surface area (Å²) in [6.45, 7) is 7.67. The third-order valence-corrected chi connectivity index (χ3v) is 6.71. The van der Waals surface area contributed by atoms with Crippen molar-refractivity contribution in [3.8, 4) is 45.0 Å². The highest BCUT2D eigenvalue weighted by Gasteiger charge is 2.12.